The van der Waals surface area contributed by atoms with E-state index in [1.807, 2.05) is 18.2 Å². The number of rotatable bonds is 4. The second-order valence-electron chi connectivity index (χ2n) is 5.71. The lowest BCUT2D eigenvalue weighted by molar-refractivity contribution is 0.210. The van der Waals surface area contributed by atoms with Crippen molar-refractivity contribution in [3.05, 3.63) is 34.9 Å². The summed E-state index contributed by atoms with van der Waals surface area (Å²) in [5, 5.41) is 7.52. The number of nitrogens with zero attached hydrogens (tertiary/aromatic N) is 2. The molecule has 0 aliphatic carbocycles. The molecule has 1 aromatic rings. The Morgan fingerprint density at radius 3 is 3.00 bits per heavy atom. The molecule has 1 saturated heterocycles. The lowest BCUT2D eigenvalue weighted by Gasteiger charge is -2.30. The zero-order chi connectivity index (χ0) is 15.1. The smallest absolute Gasteiger partial charge is 0.191 e. The van der Waals surface area contributed by atoms with Gasteiger partial charge in [-0.15, -0.1) is 0 Å². The Morgan fingerprint density at radius 2 is 2.29 bits per heavy atom. The average molecular weight is 309 g/mol. The molecule has 1 unspecified atom stereocenters. The number of benzene rings is 1. The molecule has 0 bridgehead atoms. The molecule has 1 atom stereocenters. The monoisotopic (exact) mass is 308 g/mol. The number of halogens is 1. The molecule has 1 aliphatic heterocycles. The van der Waals surface area contributed by atoms with Crippen LogP contribution in [0.3, 0.4) is 0 Å². The first-order valence-corrected chi connectivity index (χ1v) is 7.92. The number of piperidine rings is 1. The summed E-state index contributed by atoms with van der Waals surface area (Å²) in [5.41, 5.74) is 1.16. The molecule has 2 N–H and O–H groups in total. The van der Waals surface area contributed by atoms with E-state index < -0.39 is 0 Å². The Hall–Kier alpha value is -1.26. The molecule has 1 fully saturated rings. The van der Waals surface area contributed by atoms with Gasteiger partial charge in [-0.1, -0.05) is 23.7 Å². The number of nitrogens with one attached hydrogen (secondary N) is 2. The maximum Gasteiger partial charge on any atom is 0.191 e. The molecule has 1 heterocycles. The summed E-state index contributed by atoms with van der Waals surface area (Å²) in [6, 6.07) is 7.88. The van der Waals surface area contributed by atoms with E-state index in [0.717, 1.165) is 36.2 Å². The molecule has 0 saturated carbocycles. The summed E-state index contributed by atoms with van der Waals surface area (Å²) < 4.78 is 0. The number of hydrogen-bond donors (Lipinski definition) is 2. The topological polar surface area (TPSA) is 39.7 Å². The normalized spacial score (nSPS) is 20.3. The van der Waals surface area contributed by atoms with E-state index in [9.17, 15) is 0 Å². The lowest BCUT2D eigenvalue weighted by atomic mass is 9.99. The van der Waals surface area contributed by atoms with Gasteiger partial charge in [-0.3, -0.25) is 4.99 Å². The van der Waals surface area contributed by atoms with Gasteiger partial charge in [-0.05, 0) is 50.0 Å². The lowest BCUT2D eigenvalue weighted by Crippen LogP contribution is -2.43. The number of aliphatic imine (C=N–C) groups is 1. The van der Waals surface area contributed by atoms with Crippen LogP contribution in [0.1, 0.15) is 18.4 Å². The van der Waals surface area contributed by atoms with Crippen LogP contribution in [-0.4, -0.2) is 44.6 Å². The van der Waals surface area contributed by atoms with Crippen LogP contribution in [0.5, 0.6) is 0 Å². The van der Waals surface area contributed by atoms with Crippen LogP contribution < -0.4 is 10.6 Å². The Kier molecular flexibility index (Phi) is 6.33. The van der Waals surface area contributed by atoms with Crippen molar-refractivity contribution in [3.8, 4) is 0 Å². The molecule has 2 rings (SSSR count). The number of guanidine groups is 1. The first-order chi connectivity index (χ1) is 10.2. The van der Waals surface area contributed by atoms with Gasteiger partial charge in [0, 0.05) is 31.7 Å². The predicted octanol–water partition coefficient (Wildman–Crippen LogP) is 2.35. The zero-order valence-electron chi connectivity index (χ0n) is 12.9. The molecule has 0 spiro atoms. The van der Waals surface area contributed by atoms with Gasteiger partial charge in [-0.25, -0.2) is 0 Å². The second-order valence-corrected chi connectivity index (χ2v) is 6.14. The van der Waals surface area contributed by atoms with Crippen molar-refractivity contribution in [2.24, 2.45) is 10.9 Å². The molecule has 1 aromatic carbocycles. The third-order valence-corrected chi connectivity index (χ3v) is 4.09. The molecule has 4 nitrogen and oxygen atoms in total. The fourth-order valence-corrected chi connectivity index (χ4v) is 2.95. The van der Waals surface area contributed by atoms with Crippen molar-refractivity contribution in [1.29, 1.82) is 0 Å². The van der Waals surface area contributed by atoms with Crippen LogP contribution in [0.2, 0.25) is 5.02 Å². The molecular formula is C16H25ClN4. The maximum atomic E-state index is 5.99. The average Bonchev–Trinajstić information content (AvgIpc) is 2.47. The van der Waals surface area contributed by atoms with Gasteiger partial charge in [0.15, 0.2) is 5.96 Å². The first kappa shape index (κ1) is 16.1. The molecule has 0 amide bonds. The summed E-state index contributed by atoms with van der Waals surface area (Å²) in [6.45, 7) is 4.08. The van der Waals surface area contributed by atoms with E-state index in [-0.39, 0.29) is 0 Å². The molecule has 0 aromatic heterocycles. The van der Waals surface area contributed by atoms with E-state index in [2.05, 4.69) is 33.6 Å². The molecule has 116 valence electrons. The summed E-state index contributed by atoms with van der Waals surface area (Å²) in [7, 11) is 4.00. The Balaban J connectivity index is 1.75. The maximum absolute atomic E-state index is 5.99. The van der Waals surface area contributed by atoms with Crippen LogP contribution in [0, 0.1) is 5.92 Å². The van der Waals surface area contributed by atoms with E-state index in [0.29, 0.717) is 5.92 Å². The summed E-state index contributed by atoms with van der Waals surface area (Å²) >= 11 is 5.99. The quantitative estimate of drug-likeness (QED) is 0.662. The highest BCUT2D eigenvalue weighted by molar-refractivity contribution is 6.30. The molecule has 21 heavy (non-hydrogen) atoms. The third-order valence-electron chi connectivity index (χ3n) is 3.85. The van der Waals surface area contributed by atoms with Crippen molar-refractivity contribution in [2.75, 3.05) is 33.7 Å². The van der Waals surface area contributed by atoms with E-state index in [1.54, 1.807) is 7.05 Å². The number of hydrogen-bond acceptors (Lipinski definition) is 2. The Bertz CT molecular complexity index is 475. The predicted molar refractivity (Wildman–Crippen MR) is 89.9 cm³/mol. The van der Waals surface area contributed by atoms with Crippen molar-refractivity contribution in [3.63, 3.8) is 0 Å². The fourth-order valence-electron chi connectivity index (χ4n) is 2.73. The highest BCUT2D eigenvalue weighted by atomic mass is 35.5. The van der Waals surface area contributed by atoms with Crippen molar-refractivity contribution < 1.29 is 0 Å². The van der Waals surface area contributed by atoms with Crippen LogP contribution in [0.15, 0.2) is 29.3 Å². The van der Waals surface area contributed by atoms with Crippen LogP contribution >= 0.6 is 11.6 Å². The third kappa shape index (κ3) is 5.56. The van der Waals surface area contributed by atoms with Crippen LogP contribution in [-0.2, 0) is 6.54 Å². The molecule has 5 heteroatoms. The standard InChI is InChI=1S/C16H25ClN4/c1-18-16(19-10-13-5-3-7-15(17)9-13)20-11-14-6-4-8-21(2)12-14/h3,5,7,9,14H,4,6,8,10-12H2,1-2H3,(H2,18,19,20). The van der Waals surface area contributed by atoms with Crippen LogP contribution in [0.4, 0.5) is 0 Å². The summed E-state index contributed by atoms with van der Waals surface area (Å²) in [4.78, 5) is 6.68. The minimum Gasteiger partial charge on any atom is -0.356 e. The van der Waals surface area contributed by atoms with Crippen molar-refractivity contribution in [1.82, 2.24) is 15.5 Å². The fraction of sp³-hybridized carbons (Fsp3) is 0.562. The van der Waals surface area contributed by atoms with Gasteiger partial charge in [0.1, 0.15) is 0 Å². The van der Waals surface area contributed by atoms with Gasteiger partial charge in [0.25, 0.3) is 0 Å². The molecule has 1 aliphatic rings. The first-order valence-electron chi connectivity index (χ1n) is 7.55. The zero-order valence-corrected chi connectivity index (χ0v) is 13.7. The molecular weight excluding hydrogens is 284 g/mol. The minimum absolute atomic E-state index is 0.702. The summed E-state index contributed by atoms with van der Waals surface area (Å²) in [5.74, 6) is 1.55. The van der Waals surface area contributed by atoms with Gasteiger partial charge in [-0.2, -0.15) is 0 Å². The van der Waals surface area contributed by atoms with E-state index in [4.69, 9.17) is 11.6 Å². The number of likely N-dealkylation sites (tertiary alicyclic amines) is 1. The van der Waals surface area contributed by atoms with Crippen molar-refractivity contribution >= 4 is 17.6 Å². The second kappa shape index (κ2) is 8.25. The van der Waals surface area contributed by atoms with Gasteiger partial charge in [0.2, 0.25) is 0 Å². The summed E-state index contributed by atoms with van der Waals surface area (Å²) in [6.07, 6.45) is 2.58. The SMILES string of the molecule is CN=C(NCc1cccc(Cl)c1)NCC1CCCN(C)C1. The largest absolute Gasteiger partial charge is 0.356 e. The Labute approximate surface area is 132 Å². The highest BCUT2D eigenvalue weighted by Gasteiger charge is 2.17. The minimum atomic E-state index is 0.702. The van der Waals surface area contributed by atoms with Gasteiger partial charge < -0.3 is 15.5 Å². The van der Waals surface area contributed by atoms with Crippen LogP contribution in [0.25, 0.3) is 0 Å². The molecule has 0 radical (unpaired) electrons. The van der Waals surface area contributed by atoms with E-state index in [1.165, 1.54) is 19.4 Å². The van der Waals surface area contributed by atoms with Crippen molar-refractivity contribution in [2.45, 2.75) is 19.4 Å². The highest BCUT2D eigenvalue weighted by Crippen LogP contribution is 2.14. The van der Waals surface area contributed by atoms with Gasteiger partial charge in [0.05, 0.1) is 0 Å². The van der Waals surface area contributed by atoms with E-state index >= 15 is 0 Å². The Morgan fingerprint density at radius 1 is 1.43 bits per heavy atom. The van der Waals surface area contributed by atoms with Gasteiger partial charge >= 0.3 is 0 Å².